The van der Waals surface area contributed by atoms with Gasteiger partial charge in [-0.2, -0.15) is 0 Å². The topological polar surface area (TPSA) is 88.6 Å². The average molecular weight is 431 g/mol. The Balaban J connectivity index is 0.00000245. The molecule has 7 heteroatoms. The molecule has 0 spiro atoms. The highest BCUT2D eigenvalue weighted by Gasteiger charge is 2.19. The maximum Gasteiger partial charge on any atom is 0.180 e. The Hall–Kier alpha value is -3.58. The van der Waals surface area contributed by atoms with Crippen molar-refractivity contribution >= 4 is 31.8 Å². The summed E-state index contributed by atoms with van der Waals surface area (Å²) in [5.74, 6) is 0. The van der Waals surface area contributed by atoms with E-state index in [1.54, 1.807) is 44.3 Å². The van der Waals surface area contributed by atoms with Crippen LogP contribution in [0.15, 0.2) is 78.2 Å². The molecule has 5 aromatic rings. The van der Waals surface area contributed by atoms with Crippen molar-refractivity contribution in [3.05, 3.63) is 73.3 Å². The predicted octanol–water partition coefficient (Wildman–Crippen LogP) is 5.27. The van der Waals surface area contributed by atoms with Crippen LogP contribution < -0.4 is 0 Å². The van der Waals surface area contributed by atoms with Gasteiger partial charge in [-0.15, -0.1) is 0 Å². The Morgan fingerprint density at radius 3 is 2.48 bits per heavy atom. The van der Waals surface area contributed by atoms with E-state index >= 15 is 0 Å². The van der Waals surface area contributed by atoms with E-state index in [9.17, 15) is 8.42 Å². The van der Waals surface area contributed by atoms with Crippen LogP contribution in [0.5, 0.6) is 0 Å². The number of pyridine rings is 1. The number of H-pyrrole nitrogens is 1. The fourth-order valence-corrected chi connectivity index (χ4v) is 4.71. The van der Waals surface area contributed by atoms with Crippen LogP contribution in [0, 0.1) is 0 Å². The highest BCUT2D eigenvalue weighted by molar-refractivity contribution is 7.92. The minimum Gasteiger partial charge on any atom is -0.344 e. The second-order valence-corrected chi connectivity index (χ2v) is 10.2. The maximum atomic E-state index is 12.4. The van der Waals surface area contributed by atoms with Crippen molar-refractivity contribution in [2.24, 2.45) is 0 Å². The number of benzene rings is 2. The summed E-state index contributed by atoms with van der Waals surface area (Å²) < 4.78 is 24.8. The molecule has 0 bridgehead atoms. The third kappa shape index (κ3) is 3.27. The molecular weight excluding hydrogens is 408 g/mol. The molecule has 3 heterocycles. The molecule has 0 saturated carbocycles. The number of aromatic amines is 1. The molecule has 31 heavy (non-hydrogen) atoms. The van der Waals surface area contributed by atoms with E-state index in [-0.39, 0.29) is 1.43 Å². The molecule has 5 rings (SSSR count). The number of hydrogen-bond donors (Lipinski definition) is 1. The van der Waals surface area contributed by atoms with Gasteiger partial charge in [-0.05, 0) is 31.4 Å². The summed E-state index contributed by atoms with van der Waals surface area (Å²) in [5.41, 5.74) is 4.82. The number of aromatic nitrogens is 4. The molecular formula is C24H22N4O2S. The minimum atomic E-state index is -3.31. The van der Waals surface area contributed by atoms with E-state index < -0.39 is 15.1 Å². The van der Waals surface area contributed by atoms with E-state index in [0.717, 1.165) is 33.0 Å². The van der Waals surface area contributed by atoms with Gasteiger partial charge < -0.3 is 4.98 Å². The van der Waals surface area contributed by atoms with Gasteiger partial charge >= 0.3 is 0 Å². The lowest BCUT2D eigenvalue weighted by Gasteiger charge is -2.09. The Morgan fingerprint density at radius 1 is 0.935 bits per heavy atom. The molecule has 0 saturated heterocycles. The van der Waals surface area contributed by atoms with Crippen LogP contribution in [0.3, 0.4) is 0 Å². The van der Waals surface area contributed by atoms with Crippen molar-refractivity contribution in [3.63, 3.8) is 0 Å². The van der Waals surface area contributed by atoms with Crippen LogP contribution in [0.2, 0.25) is 0 Å². The van der Waals surface area contributed by atoms with Crippen LogP contribution in [-0.4, -0.2) is 33.6 Å². The van der Waals surface area contributed by atoms with Crippen molar-refractivity contribution in [3.8, 4) is 22.4 Å². The fourth-order valence-electron chi connectivity index (χ4n) is 3.65. The van der Waals surface area contributed by atoms with E-state index in [1.165, 1.54) is 0 Å². The van der Waals surface area contributed by atoms with Gasteiger partial charge in [0.1, 0.15) is 5.52 Å². The third-order valence-electron chi connectivity index (χ3n) is 5.44. The van der Waals surface area contributed by atoms with Crippen molar-refractivity contribution in [1.82, 2.24) is 19.9 Å². The summed E-state index contributed by atoms with van der Waals surface area (Å²) in [7, 11) is -3.31. The maximum absolute atomic E-state index is 12.4. The zero-order valence-electron chi connectivity index (χ0n) is 17.1. The van der Waals surface area contributed by atoms with Crippen molar-refractivity contribution in [2.75, 3.05) is 0 Å². The molecule has 0 aliphatic rings. The second-order valence-electron chi connectivity index (χ2n) is 7.68. The van der Waals surface area contributed by atoms with E-state index in [4.69, 9.17) is 4.98 Å². The molecule has 3 aromatic heterocycles. The van der Waals surface area contributed by atoms with E-state index in [1.807, 2.05) is 36.8 Å². The van der Waals surface area contributed by atoms with Crippen LogP contribution in [0.4, 0.5) is 0 Å². The monoisotopic (exact) mass is 430 g/mol. The summed E-state index contributed by atoms with van der Waals surface area (Å²) in [6, 6.07) is 14.9. The largest absolute Gasteiger partial charge is 0.344 e. The zero-order chi connectivity index (χ0) is 21.6. The lowest BCUT2D eigenvalue weighted by atomic mass is 10.0. The second kappa shape index (κ2) is 7.28. The Morgan fingerprint density at radius 2 is 1.71 bits per heavy atom. The van der Waals surface area contributed by atoms with Crippen molar-refractivity contribution in [1.29, 1.82) is 0 Å². The van der Waals surface area contributed by atoms with Gasteiger partial charge in [-0.1, -0.05) is 36.4 Å². The molecule has 2 aromatic carbocycles. The lowest BCUT2D eigenvalue weighted by molar-refractivity contribution is 0.587. The summed E-state index contributed by atoms with van der Waals surface area (Å²) in [6.07, 6.45) is 7.27. The number of sulfone groups is 1. The van der Waals surface area contributed by atoms with Gasteiger partial charge in [0.05, 0.1) is 22.0 Å². The van der Waals surface area contributed by atoms with Gasteiger partial charge in [0.2, 0.25) is 0 Å². The highest BCUT2D eigenvalue weighted by atomic mass is 32.2. The van der Waals surface area contributed by atoms with Gasteiger partial charge in [-0.3, -0.25) is 4.98 Å². The summed E-state index contributed by atoms with van der Waals surface area (Å²) in [6.45, 7) is 3.36. The first-order valence-corrected chi connectivity index (χ1v) is 11.5. The van der Waals surface area contributed by atoms with Crippen LogP contribution >= 0.6 is 0 Å². The van der Waals surface area contributed by atoms with Gasteiger partial charge in [-0.25, -0.2) is 18.4 Å². The van der Waals surface area contributed by atoms with Crippen LogP contribution in [-0.2, 0) is 9.84 Å². The Labute approximate surface area is 181 Å². The molecule has 0 unspecified atom stereocenters. The number of nitrogens with one attached hydrogen (secondary N) is 1. The SMILES string of the molecule is CC(C)S(=O)(=O)c1ccc(-c2cnc3[nH]cc(-c4cncc5ccccc45)c3n2)cc1.[HH]. The number of hydrogen-bond acceptors (Lipinski definition) is 5. The minimum absolute atomic E-state index is 0. The van der Waals surface area contributed by atoms with Crippen molar-refractivity contribution < 1.29 is 9.84 Å². The average Bonchev–Trinajstić information content (AvgIpc) is 3.21. The first-order valence-electron chi connectivity index (χ1n) is 9.97. The van der Waals surface area contributed by atoms with Crippen LogP contribution in [0.25, 0.3) is 44.3 Å². The lowest BCUT2D eigenvalue weighted by Crippen LogP contribution is -2.13. The number of nitrogens with zero attached hydrogens (tertiary/aromatic N) is 3. The van der Waals surface area contributed by atoms with Gasteiger partial charge in [0, 0.05) is 42.1 Å². The molecule has 0 fully saturated rings. The molecule has 0 aliphatic heterocycles. The zero-order valence-corrected chi connectivity index (χ0v) is 17.9. The normalized spacial score (nSPS) is 12.1. The molecule has 156 valence electrons. The molecule has 1 N–H and O–H groups in total. The molecule has 0 amide bonds. The first kappa shape index (κ1) is 19.4. The molecule has 0 radical (unpaired) electrons. The Kier molecular flexibility index (Phi) is 4.55. The van der Waals surface area contributed by atoms with Crippen LogP contribution in [0.1, 0.15) is 15.3 Å². The first-order chi connectivity index (χ1) is 14.9. The molecule has 0 aliphatic carbocycles. The Bertz CT molecular complexity index is 1520. The fraction of sp³-hybridized carbons (Fsp3) is 0.125. The highest BCUT2D eigenvalue weighted by Crippen LogP contribution is 2.33. The van der Waals surface area contributed by atoms with E-state index in [2.05, 4.69) is 21.0 Å². The molecule has 0 atom stereocenters. The van der Waals surface area contributed by atoms with Gasteiger partial charge in [0.15, 0.2) is 15.5 Å². The quantitative estimate of drug-likeness (QED) is 0.420. The van der Waals surface area contributed by atoms with Crippen molar-refractivity contribution in [2.45, 2.75) is 24.0 Å². The van der Waals surface area contributed by atoms with Gasteiger partial charge in [0.25, 0.3) is 0 Å². The summed E-state index contributed by atoms with van der Waals surface area (Å²) in [5, 5.41) is 1.68. The number of fused-ring (bicyclic) bond motifs is 2. The number of rotatable bonds is 4. The predicted molar refractivity (Wildman–Crippen MR) is 124 cm³/mol. The summed E-state index contributed by atoms with van der Waals surface area (Å²) >= 11 is 0. The third-order valence-corrected chi connectivity index (χ3v) is 7.61. The van der Waals surface area contributed by atoms with E-state index in [0.29, 0.717) is 16.2 Å². The standard InChI is InChI=1S/C24H20N4O2S.H2/c1-15(2)31(29,30)18-9-7-16(8-10-18)22-14-27-24-23(28-22)21(13-26-24)20-12-25-11-17-5-3-4-6-19(17)20;/h3-15H,1-2H3,(H,26,27);1H. The molecule has 6 nitrogen and oxygen atoms in total. The smallest absolute Gasteiger partial charge is 0.180 e. The summed E-state index contributed by atoms with van der Waals surface area (Å²) in [4.78, 5) is 17.3.